The van der Waals surface area contributed by atoms with Crippen molar-refractivity contribution in [1.82, 2.24) is 4.98 Å². The number of methoxy groups -OCH3 is 1. The van der Waals surface area contributed by atoms with Crippen LogP contribution in [-0.2, 0) is 4.74 Å². The third kappa shape index (κ3) is 2.37. The van der Waals surface area contributed by atoms with Crippen molar-refractivity contribution < 1.29 is 13.9 Å². The first kappa shape index (κ1) is 13.0. The third-order valence-corrected chi connectivity index (χ3v) is 3.68. The summed E-state index contributed by atoms with van der Waals surface area (Å²) in [4.78, 5) is 16.0. The molecule has 4 nitrogen and oxygen atoms in total. The molecule has 1 aromatic carbocycles. The third-order valence-electron chi connectivity index (χ3n) is 2.21. The summed E-state index contributed by atoms with van der Waals surface area (Å²) in [5.74, 6) is -0.902. The van der Waals surface area contributed by atoms with Crippen molar-refractivity contribution in [3.63, 3.8) is 0 Å². The van der Waals surface area contributed by atoms with Gasteiger partial charge in [-0.2, -0.15) is 0 Å². The number of esters is 1. The lowest BCUT2D eigenvalue weighted by Gasteiger charge is -2.02. The van der Waals surface area contributed by atoms with Gasteiger partial charge in [0.1, 0.15) is 10.7 Å². The van der Waals surface area contributed by atoms with E-state index >= 15 is 0 Å². The van der Waals surface area contributed by atoms with E-state index in [0.717, 1.165) is 11.3 Å². The van der Waals surface area contributed by atoms with Gasteiger partial charge in [0.05, 0.1) is 17.3 Å². The molecule has 0 atom stereocenters. The highest BCUT2D eigenvalue weighted by Gasteiger charge is 2.19. The van der Waals surface area contributed by atoms with E-state index in [1.807, 2.05) is 0 Å². The molecule has 0 saturated carbocycles. The molecular formula is C11H8BrFN2O2S. The number of halogens is 2. The van der Waals surface area contributed by atoms with Gasteiger partial charge in [-0.1, -0.05) is 11.3 Å². The molecule has 2 N–H and O–H groups in total. The second-order valence-corrected chi connectivity index (χ2v) is 5.24. The molecule has 94 valence electrons. The number of thiazole rings is 1. The van der Waals surface area contributed by atoms with Crippen LogP contribution in [-0.4, -0.2) is 18.1 Å². The van der Waals surface area contributed by atoms with Gasteiger partial charge in [-0.15, -0.1) is 0 Å². The highest BCUT2D eigenvalue weighted by Crippen LogP contribution is 2.32. The molecule has 0 saturated heterocycles. The zero-order valence-electron chi connectivity index (χ0n) is 9.24. The Hall–Kier alpha value is -1.47. The molecule has 0 radical (unpaired) electrons. The number of hydrogen-bond acceptors (Lipinski definition) is 5. The lowest BCUT2D eigenvalue weighted by atomic mass is 10.1. The predicted octanol–water partition coefficient (Wildman–Crippen LogP) is 3.08. The van der Waals surface area contributed by atoms with E-state index in [2.05, 4.69) is 25.7 Å². The van der Waals surface area contributed by atoms with E-state index in [9.17, 15) is 9.18 Å². The standard InChI is InChI=1S/C11H8BrFN2O2S/c1-17-10(16)9-8(15-11(14)18-9)5-2-3-7(13)6(12)4-5/h2-4H,1H3,(H2,14,15). The number of nitrogens with two attached hydrogens (primary N) is 1. The average Bonchev–Trinajstić information content (AvgIpc) is 2.74. The molecule has 0 fully saturated rings. The van der Waals surface area contributed by atoms with Crippen LogP contribution in [0, 0.1) is 5.82 Å². The Morgan fingerprint density at radius 3 is 2.89 bits per heavy atom. The zero-order chi connectivity index (χ0) is 13.3. The largest absolute Gasteiger partial charge is 0.465 e. The summed E-state index contributed by atoms with van der Waals surface area (Å²) >= 11 is 4.12. The van der Waals surface area contributed by atoms with Crippen LogP contribution in [0.15, 0.2) is 22.7 Å². The number of rotatable bonds is 2. The zero-order valence-corrected chi connectivity index (χ0v) is 11.6. The van der Waals surface area contributed by atoms with Crippen LogP contribution in [0.3, 0.4) is 0 Å². The number of hydrogen-bond donors (Lipinski definition) is 1. The minimum absolute atomic E-state index is 0.255. The molecule has 1 aromatic heterocycles. The molecule has 0 aliphatic heterocycles. The molecule has 0 spiro atoms. The molecule has 7 heteroatoms. The van der Waals surface area contributed by atoms with Crippen molar-refractivity contribution in [1.29, 1.82) is 0 Å². The molecule has 0 unspecified atom stereocenters. The van der Waals surface area contributed by atoms with Gasteiger partial charge in [0, 0.05) is 5.56 Å². The monoisotopic (exact) mass is 330 g/mol. The van der Waals surface area contributed by atoms with Crippen molar-refractivity contribution >= 4 is 38.4 Å². The molecule has 1 heterocycles. The summed E-state index contributed by atoms with van der Waals surface area (Å²) in [6, 6.07) is 4.35. The summed E-state index contributed by atoms with van der Waals surface area (Å²) in [5, 5.41) is 0.255. The van der Waals surface area contributed by atoms with Crippen molar-refractivity contribution in [3.8, 4) is 11.3 Å². The Morgan fingerprint density at radius 1 is 1.56 bits per heavy atom. The number of benzene rings is 1. The number of nitrogen functional groups attached to an aromatic ring is 1. The van der Waals surface area contributed by atoms with E-state index in [-0.39, 0.29) is 10.9 Å². The second kappa shape index (κ2) is 5.03. The maximum atomic E-state index is 13.2. The minimum atomic E-state index is -0.514. The highest BCUT2D eigenvalue weighted by molar-refractivity contribution is 9.10. The second-order valence-electron chi connectivity index (χ2n) is 3.35. The highest BCUT2D eigenvalue weighted by atomic mass is 79.9. The van der Waals surface area contributed by atoms with Crippen LogP contribution in [0.4, 0.5) is 9.52 Å². The lowest BCUT2D eigenvalue weighted by Crippen LogP contribution is -2.00. The van der Waals surface area contributed by atoms with Crippen molar-refractivity contribution in [3.05, 3.63) is 33.4 Å². The quantitative estimate of drug-likeness (QED) is 0.859. The number of nitrogens with zero attached hydrogens (tertiary/aromatic N) is 1. The van der Waals surface area contributed by atoms with Gasteiger partial charge in [0.2, 0.25) is 0 Å². The predicted molar refractivity (Wildman–Crippen MR) is 71.0 cm³/mol. The Kier molecular flexibility index (Phi) is 3.63. The molecule has 0 aliphatic rings. The first-order chi connectivity index (χ1) is 8.52. The summed E-state index contributed by atoms with van der Waals surface area (Å²) in [7, 11) is 1.28. The number of aromatic nitrogens is 1. The van der Waals surface area contributed by atoms with Crippen molar-refractivity contribution in [2.45, 2.75) is 0 Å². The van der Waals surface area contributed by atoms with Crippen LogP contribution in [0.2, 0.25) is 0 Å². The van der Waals surface area contributed by atoms with Gasteiger partial charge in [-0.3, -0.25) is 0 Å². The number of anilines is 1. The Labute approximate surface area is 115 Å². The van der Waals surface area contributed by atoms with Crippen LogP contribution in [0.1, 0.15) is 9.67 Å². The maximum Gasteiger partial charge on any atom is 0.350 e. The summed E-state index contributed by atoms with van der Waals surface area (Å²) in [6.07, 6.45) is 0. The van der Waals surface area contributed by atoms with E-state index in [0.29, 0.717) is 20.6 Å². The summed E-state index contributed by atoms with van der Waals surface area (Å²) < 4.78 is 18.1. The van der Waals surface area contributed by atoms with Gasteiger partial charge in [-0.05, 0) is 34.1 Å². The first-order valence-electron chi connectivity index (χ1n) is 4.83. The molecule has 0 amide bonds. The molecule has 2 aromatic rings. The maximum absolute atomic E-state index is 13.2. The lowest BCUT2D eigenvalue weighted by molar-refractivity contribution is 0.0607. The van der Waals surface area contributed by atoms with Gasteiger partial charge in [0.15, 0.2) is 5.13 Å². The van der Waals surface area contributed by atoms with Gasteiger partial charge in [-0.25, -0.2) is 14.2 Å². The Bertz CT molecular complexity index is 615. The van der Waals surface area contributed by atoms with Crippen LogP contribution in [0.25, 0.3) is 11.3 Å². The number of carbonyl (C=O) groups excluding carboxylic acids is 1. The van der Waals surface area contributed by atoms with Gasteiger partial charge < -0.3 is 10.5 Å². The minimum Gasteiger partial charge on any atom is -0.465 e. The fourth-order valence-corrected chi connectivity index (χ4v) is 2.56. The number of ether oxygens (including phenoxy) is 1. The van der Waals surface area contributed by atoms with E-state index < -0.39 is 5.97 Å². The molecule has 18 heavy (non-hydrogen) atoms. The van der Waals surface area contributed by atoms with Crippen molar-refractivity contribution in [2.24, 2.45) is 0 Å². The SMILES string of the molecule is COC(=O)c1sc(N)nc1-c1ccc(F)c(Br)c1. The van der Waals surface area contributed by atoms with Gasteiger partial charge in [0.25, 0.3) is 0 Å². The Morgan fingerprint density at radius 2 is 2.28 bits per heavy atom. The topological polar surface area (TPSA) is 65.2 Å². The number of carbonyl (C=O) groups is 1. The fraction of sp³-hybridized carbons (Fsp3) is 0.0909. The smallest absolute Gasteiger partial charge is 0.350 e. The van der Waals surface area contributed by atoms with Crippen LogP contribution < -0.4 is 5.73 Å². The summed E-state index contributed by atoms with van der Waals surface area (Å²) in [5.41, 5.74) is 6.58. The normalized spacial score (nSPS) is 10.4. The van der Waals surface area contributed by atoms with Crippen molar-refractivity contribution in [2.75, 3.05) is 12.8 Å². The van der Waals surface area contributed by atoms with Crippen LogP contribution >= 0.6 is 27.3 Å². The van der Waals surface area contributed by atoms with Crippen LogP contribution in [0.5, 0.6) is 0 Å². The fourth-order valence-electron chi connectivity index (χ4n) is 1.41. The first-order valence-corrected chi connectivity index (χ1v) is 6.44. The van der Waals surface area contributed by atoms with E-state index in [1.165, 1.54) is 25.3 Å². The van der Waals surface area contributed by atoms with E-state index in [4.69, 9.17) is 5.73 Å². The van der Waals surface area contributed by atoms with Gasteiger partial charge >= 0.3 is 5.97 Å². The molecule has 0 bridgehead atoms. The molecule has 2 rings (SSSR count). The average molecular weight is 331 g/mol. The molecule has 0 aliphatic carbocycles. The Balaban J connectivity index is 2.56. The summed E-state index contributed by atoms with van der Waals surface area (Å²) in [6.45, 7) is 0. The molecular weight excluding hydrogens is 323 g/mol. The van der Waals surface area contributed by atoms with E-state index in [1.54, 1.807) is 0 Å².